The first-order chi connectivity index (χ1) is 5.29. The Kier molecular flexibility index (Phi) is 4.70. The molecule has 0 aliphatic heterocycles. The zero-order chi connectivity index (χ0) is 9.57. The third-order valence-electron chi connectivity index (χ3n) is 2.12. The second-order valence-electron chi connectivity index (χ2n) is 3.09. The highest BCUT2D eigenvalue weighted by Gasteiger charge is 2.53. The number of halogens is 4. The monoisotopic (exact) mass is 618 g/mol. The van der Waals surface area contributed by atoms with Crippen molar-refractivity contribution >= 4 is 90.4 Å². The zero-order valence-electron chi connectivity index (χ0n) is 6.24. The first kappa shape index (κ1) is 12.9. The van der Waals surface area contributed by atoms with Crippen LogP contribution < -0.4 is 11.5 Å². The maximum atomic E-state index is 6.22. The van der Waals surface area contributed by atoms with Gasteiger partial charge in [0.15, 0.2) is 0 Å². The quantitative estimate of drug-likeness (QED) is 0.250. The van der Waals surface area contributed by atoms with Gasteiger partial charge in [-0.1, -0.05) is 90.4 Å². The fraction of sp³-hybridized carbons (Fsp3) is 1.00. The van der Waals surface area contributed by atoms with Crippen LogP contribution >= 0.6 is 90.4 Å². The van der Waals surface area contributed by atoms with Gasteiger partial charge in [0.2, 0.25) is 0 Å². The van der Waals surface area contributed by atoms with Gasteiger partial charge in [0.25, 0.3) is 0 Å². The third-order valence-corrected chi connectivity index (χ3v) is 13.1. The summed E-state index contributed by atoms with van der Waals surface area (Å²) in [5.41, 5.74) is 12.2. The molecule has 0 aromatic heterocycles. The molecular formula is C6H10I4N2. The second kappa shape index (κ2) is 4.37. The Labute approximate surface area is 127 Å². The molecule has 0 saturated heterocycles. The molecule has 1 aliphatic carbocycles. The highest BCUT2D eigenvalue weighted by atomic mass is 127. The van der Waals surface area contributed by atoms with Gasteiger partial charge in [-0.05, 0) is 12.8 Å². The van der Waals surface area contributed by atoms with Crippen LogP contribution in [0.2, 0.25) is 0 Å². The first-order valence-corrected chi connectivity index (χ1v) is 8.02. The molecule has 2 nitrogen and oxygen atoms in total. The lowest BCUT2D eigenvalue weighted by Crippen LogP contribution is -2.61. The lowest BCUT2D eigenvalue weighted by molar-refractivity contribution is 0.412. The van der Waals surface area contributed by atoms with E-state index in [9.17, 15) is 0 Å². The van der Waals surface area contributed by atoms with E-state index in [-0.39, 0.29) is 4.97 Å². The Bertz CT molecular complexity index is 182. The third kappa shape index (κ3) is 2.32. The van der Waals surface area contributed by atoms with Gasteiger partial charge in [-0.3, -0.25) is 0 Å². The van der Waals surface area contributed by atoms with E-state index in [1.54, 1.807) is 0 Å². The standard InChI is InChI=1S/C6H10I4N2/c7-4-3(11)1-2-5(8,12)6(4,9)10/h3-4H,1-2,11-12H2. The van der Waals surface area contributed by atoms with Gasteiger partial charge >= 0.3 is 0 Å². The fourth-order valence-electron chi connectivity index (χ4n) is 1.19. The van der Waals surface area contributed by atoms with Crippen molar-refractivity contribution in [1.82, 2.24) is 0 Å². The van der Waals surface area contributed by atoms with Gasteiger partial charge in [-0.25, -0.2) is 0 Å². The molecule has 0 aromatic carbocycles. The molecule has 1 rings (SSSR count). The van der Waals surface area contributed by atoms with Crippen LogP contribution in [-0.2, 0) is 0 Å². The van der Waals surface area contributed by atoms with E-state index in [0.717, 1.165) is 12.8 Å². The van der Waals surface area contributed by atoms with Gasteiger partial charge in [-0.15, -0.1) is 0 Å². The van der Waals surface area contributed by atoms with Gasteiger partial charge in [0.05, 0.1) is 7.47 Å². The Morgan fingerprint density at radius 2 is 1.75 bits per heavy atom. The van der Waals surface area contributed by atoms with Crippen molar-refractivity contribution < 1.29 is 0 Å². The summed E-state index contributed by atoms with van der Waals surface area (Å²) >= 11 is 9.67. The van der Waals surface area contributed by atoms with Gasteiger partial charge in [-0.2, -0.15) is 0 Å². The number of hydrogen-bond acceptors (Lipinski definition) is 2. The van der Waals surface area contributed by atoms with Crippen LogP contribution in [0.25, 0.3) is 0 Å². The van der Waals surface area contributed by atoms with E-state index in [1.807, 2.05) is 0 Å². The fourth-order valence-corrected chi connectivity index (χ4v) is 4.81. The summed E-state index contributed by atoms with van der Waals surface area (Å²) in [6, 6.07) is 0.297. The van der Waals surface area contributed by atoms with Gasteiger partial charge in [0, 0.05) is 6.04 Å². The molecule has 1 saturated carbocycles. The lowest BCUT2D eigenvalue weighted by atomic mass is 9.92. The average Bonchev–Trinajstić information content (AvgIpc) is 1.96. The SMILES string of the molecule is NC1CCC(N)(I)C(I)(I)C1I. The Hall–Kier alpha value is 2.84. The van der Waals surface area contributed by atoms with Crippen molar-refractivity contribution in [1.29, 1.82) is 0 Å². The Morgan fingerprint density at radius 1 is 1.25 bits per heavy atom. The molecule has 72 valence electrons. The minimum atomic E-state index is -0.117. The maximum Gasteiger partial charge on any atom is 0.114 e. The van der Waals surface area contributed by atoms with Crippen LogP contribution in [0.4, 0.5) is 0 Å². The molecule has 0 heterocycles. The Balaban J connectivity index is 2.88. The van der Waals surface area contributed by atoms with Crippen molar-refractivity contribution in [2.45, 2.75) is 27.8 Å². The number of alkyl halides is 4. The van der Waals surface area contributed by atoms with E-state index in [2.05, 4.69) is 90.4 Å². The molecule has 3 unspecified atom stereocenters. The molecule has 0 radical (unpaired) electrons. The zero-order valence-corrected chi connectivity index (χ0v) is 14.9. The molecule has 0 bridgehead atoms. The van der Waals surface area contributed by atoms with Crippen molar-refractivity contribution in [3.05, 3.63) is 0 Å². The number of nitrogens with two attached hydrogens (primary N) is 2. The van der Waals surface area contributed by atoms with Crippen molar-refractivity contribution in [2.75, 3.05) is 0 Å². The smallest absolute Gasteiger partial charge is 0.114 e. The number of hydrogen-bond donors (Lipinski definition) is 2. The molecule has 6 heteroatoms. The van der Waals surface area contributed by atoms with E-state index >= 15 is 0 Å². The summed E-state index contributed by atoms with van der Waals surface area (Å²) in [5.74, 6) is 0. The summed E-state index contributed by atoms with van der Waals surface area (Å²) in [6.45, 7) is 0. The summed E-state index contributed by atoms with van der Waals surface area (Å²) in [4.78, 5) is 0. The minimum Gasteiger partial charge on any atom is -0.327 e. The maximum absolute atomic E-state index is 6.22. The molecule has 1 aliphatic rings. The largest absolute Gasteiger partial charge is 0.327 e. The van der Waals surface area contributed by atoms with Crippen LogP contribution in [0, 0.1) is 0 Å². The summed E-state index contributed by atoms with van der Waals surface area (Å²) in [7, 11) is 0. The normalized spacial score (nSPS) is 47.5. The van der Waals surface area contributed by atoms with Crippen LogP contribution in [0.1, 0.15) is 12.8 Å². The van der Waals surface area contributed by atoms with Crippen molar-refractivity contribution in [2.24, 2.45) is 11.5 Å². The lowest BCUT2D eigenvalue weighted by Gasteiger charge is -2.46. The van der Waals surface area contributed by atoms with E-state index < -0.39 is 0 Å². The van der Waals surface area contributed by atoms with Crippen LogP contribution in [0.5, 0.6) is 0 Å². The van der Waals surface area contributed by atoms with Crippen molar-refractivity contribution in [3.63, 3.8) is 0 Å². The minimum absolute atomic E-state index is 0.0707. The van der Waals surface area contributed by atoms with Gasteiger partial charge < -0.3 is 11.5 Å². The number of rotatable bonds is 0. The highest BCUT2D eigenvalue weighted by Crippen LogP contribution is 2.53. The predicted octanol–water partition coefficient (Wildman–Crippen LogP) is 2.57. The molecule has 0 aromatic rings. The molecule has 12 heavy (non-hydrogen) atoms. The van der Waals surface area contributed by atoms with Gasteiger partial charge in [0.1, 0.15) is 1.43 Å². The molecule has 1 fully saturated rings. The van der Waals surface area contributed by atoms with Crippen LogP contribution in [0.15, 0.2) is 0 Å². The van der Waals surface area contributed by atoms with E-state index in [1.165, 1.54) is 0 Å². The summed E-state index contributed by atoms with van der Waals surface area (Å²) < 4.78 is 0.404. The first-order valence-electron chi connectivity index (χ1n) is 3.54. The summed E-state index contributed by atoms with van der Waals surface area (Å²) in [6.07, 6.45) is 2.06. The molecule has 4 N–H and O–H groups in total. The van der Waals surface area contributed by atoms with Crippen LogP contribution in [0.3, 0.4) is 0 Å². The average molecular weight is 618 g/mol. The molecular weight excluding hydrogens is 608 g/mol. The van der Waals surface area contributed by atoms with Crippen molar-refractivity contribution in [3.8, 4) is 0 Å². The molecule has 0 amide bonds. The summed E-state index contributed by atoms with van der Waals surface area (Å²) in [5, 5.41) is 0. The molecule has 0 spiro atoms. The highest BCUT2D eigenvalue weighted by molar-refractivity contribution is 14.2. The van der Waals surface area contributed by atoms with E-state index in [0.29, 0.717) is 9.97 Å². The second-order valence-corrected chi connectivity index (χ2v) is 11.8. The topological polar surface area (TPSA) is 52.0 Å². The predicted molar refractivity (Wildman–Crippen MR) is 86.7 cm³/mol. The van der Waals surface area contributed by atoms with Crippen LogP contribution in [-0.4, -0.2) is 14.9 Å². The molecule has 3 atom stereocenters. The Morgan fingerprint density at radius 3 is 2.17 bits per heavy atom. The van der Waals surface area contributed by atoms with E-state index in [4.69, 9.17) is 11.5 Å².